The number of pyridine rings is 1. The number of aromatic nitrogens is 2. The van der Waals surface area contributed by atoms with Gasteiger partial charge in [-0.05, 0) is 72.1 Å². The zero-order valence-corrected chi connectivity index (χ0v) is 14.3. The Kier molecular flexibility index (Phi) is 3.41. The van der Waals surface area contributed by atoms with Crippen LogP contribution < -0.4 is 5.73 Å². The number of rotatable bonds is 1. The first-order valence-corrected chi connectivity index (χ1v) is 7.82. The number of nitrogen functional groups attached to an aromatic ring is 1. The lowest BCUT2D eigenvalue weighted by atomic mass is 10.1. The van der Waals surface area contributed by atoms with Crippen molar-refractivity contribution in [3.8, 4) is 11.3 Å². The second-order valence-corrected chi connectivity index (χ2v) is 6.67. The van der Waals surface area contributed by atoms with Gasteiger partial charge in [0.2, 0.25) is 0 Å². The maximum absolute atomic E-state index is 6.18. The van der Waals surface area contributed by atoms with Crippen LogP contribution in [0.1, 0.15) is 0 Å². The molecule has 6 heteroatoms. The smallest absolute Gasteiger partial charge is 0.139 e. The molecule has 3 rings (SSSR count). The van der Waals surface area contributed by atoms with Crippen LogP contribution in [0.15, 0.2) is 49.9 Å². The topological polar surface area (TPSA) is 43.3 Å². The zero-order chi connectivity index (χ0) is 13.6. The highest BCUT2D eigenvalue weighted by molar-refractivity contribution is 9.13. The summed E-state index contributed by atoms with van der Waals surface area (Å²) >= 11 is 10.4. The summed E-state index contributed by atoms with van der Waals surface area (Å²) in [4.78, 5) is 4.58. The molecule has 0 atom stereocenters. The minimum atomic E-state index is 0.630. The monoisotopic (exact) mass is 443 g/mol. The van der Waals surface area contributed by atoms with Crippen LogP contribution in [0, 0.1) is 0 Å². The number of hydrogen-bond acceptors (Lipinski definition) is 2. The predicted octanol–water partition coefficient (Wildman–Crippen LogP) is 4.87. The van der Waals surface area contributed by atoms with Gasteiger partial charge in [0.25, 0.3) is 0 Å². The molecule has 2 N–H and O–H groups in total. The first-order chi connectivity index (χ1) is 9.06. The Hall–Kier alpha value is -0.850. The Morgan fingerprint density at radius 2 is 1.79 bits per heavy atom. The van der Waals surface area contributed by atoms with Crippen LogP contribution in [-0.4, -0.2) is 9.38 Å². The van der Waals surface area contributed by atoms with E-state index in [9.17, 15) is 0 Å². The quantitative estimate of drug-likeness (QED) is 0.580. The highest BCUT2D eigenvalue weighted by Gasteiger charge is 2.12. The zero-order valence-electron chi connectivity index (χ0n) is 9.57. The van der Waals surface area contributed by atoms with Crippen LogP contribution in [0.5, 0.6) is 0 Å². The van der Waals surface area contributed by atoms with Gasteiger partial charge in [0.15, 0.2) is 0 Å². The number of anilines is 1. The fraction of sp³-hybridized carbons (Fsp3) is 0. The molecule has 0 saturated heterocycles. The molecular weight excluding hydrogens is 438 g/mol. The molecule has 0 radical (unpaired) electrons. The van der Waals surface area contributed by atoms with Crippen molar-refractivity contribution < 1.29 is 0 Å². The van der Waals surface area contributed by atoms with Crippen LogP contribution >= 0.6 is 47.8 Å². The molecular formula is C13H8Br3N3. The lowest BCUT2D eigenvalue weighted by Gasteiger charge is -2.02. The van der Waals surface area contributed by atoms with Gasteiger partial charge in [-0.15, -0.1) is 0 Å². The second-order valence-electron chi connectivity index (χ2n) is 4.05. The average molecular weight is 446 g/mol. The van der Waals surface area contributed by atoms with Crippen LogP contribution in [0.3, 0.4) is 0 Å². The highest BCUT2D eigenvalue weighted by atomic mass is 79.9. The lowest BCUT2D eigenvalue weighted by Crippen LogP contribution is -1.94. The van der Waals surface area contributed by atoms with E-state index in [2.05, 4.69) is 52.8 Å². The van der Waals surface area contributed by atoms with Crippen molar-refractivity contribution in [1.29, 1.82) is 0 Å². The van der Waals surface area contributed by atoms with Crippen LogP contribution in [-0.2, 0) is 0 Å². The fourth-order valence-corrected chi connectivity index (χ4v) is 2.86. The van der Waals surface area contributed by atoms with E-state index in [0.29, 0.717) is 5.82 Å². The van der Waals surface area contributed by atoms with Gasteiger partial charge in [-0.2, -0.15) is 0 Å². The van der Waals surface area contributed by atoms with Gasteiger partial charge in [0, 0.05) is 25.2 Å². The van der Waals surface area contributed by atoms with Crippen molar-refractivity contribution in [2.75, 3.05) is 5.73 Å². The van der Waals surface area contributed by atoms with E-state index in [1.165, 1.54) is 0 Å². The molecule has 0 amide bonds. The molecule has 0 aliphatic heterocycles. The van der Waals surface area contributed by atoms with E-state index in [4.69, 9.17) is 5.73 Å². The molecule has 0 spiro atoms. The standard InChI is InChI=1S/C13H8Br3N3/c14-8-2-4-11-18-12(13(17)19(11)6-8)7-1-3-9(15)10(16)5-7/h1-6H,17H2. The number of imidazole rings is 1. The minimum absolute atomic E-state index is 0.630. The first kappa shape index (κ1) is 13.1. The fourth-order valence-electron chi connectivity index (χ4n) is 1.89. The third-order valence-electron chi connectivity index (χ3n) is 2.81. The molecule has 96 valence electrons. The van der Waals surface area contributed by atoms with Crippen molar-refractivity contribution in [2.24, 2.45) is 0 Å². The Labute approximate surface area is 135 Å². The van der Waals surface area contributed by atoms with E-state index < -0.39 is 0 Å². The molecule has 19 heavy (non-hydrogen) atoms. The minimum Gasteiger partial charge on any atom is -0.383 e. The second kappa shape index (κ2) is 4.92. The van der Waals surface area contributed by atoms with Crippen molar-refractivity contribution >= 4 is 59.3 Å². The van der Waals surface area contributed by atoms with Crippen LogP contribution in [0.25, 0.3) is 16.9 Å². The van der Waals surface area contributed by atoms with E-state index in [-0.39, 0.29) is 0 Å². The summed E-state index contributed by atoms with van der Waals surface area (Å²) < 4.78 is 4.81. The number of hydrogen-bond donors (Lipinski definition) is 1. The average Bonchev–Trinajstić information content (AvgIpc) is 2.70. The Bertz CT molecular complexity index is 780. The molecule has 0 aliphatic carbocycles. The van der Waals surface area contributed by atoms with Crippen molar-refractivity contribution in [3.05, 3.63) is 49.9 Å². The summed E-state index contributed by atoms with van der Waals surface area (Å²) in [6, 6.07) is 9.83. The maximum Gasteiger partial charge on any atom is 0.139 e. The summed E-state index contributed by atoms with van der Waals surface area (Å²) in [5.41, 5.74) is 8.77. The number of fused-ring (bicyclic) bond motifs is 1. The molecule has 3 nitrogen and oxygen atoms in total. The number of nitrogens with two attached hydrogens (primary N) is 1. The van der Waals surface area contributed by atoms with Crippen molar-refractivity contribution in [1.82, 2.24) is 9.38 Å². The van der Waals surface area contributed by atoms with Gasteiger partial charge in [-0.1, -0.05) is 6.07 Å². The van der Waals surface area contributed by atoms with Crippen molar-refractivity contribution in [2.45, 2.75) is 0 Å². The summed E-state index contributed by atoms with van der Waals surface area (Å²) in [6.45, 7) is 0. The van der Waals surface area contributed by atoms with Crippen LogP contribution in [0.2, 0.25) is 0 Å². The lowest BCUT2D eigenvalue weighted by molar-refractivity contribution is 1.18. The molecule has 1 aromatic carbocycles. The third-order valence-corrected chi connectivity index (χ3v) is 5.16. The Morgan fingerprint density at radius 1 is 1.00 bits per heavy atom. The van der Waals surface area contributed by atoms with E-state index in [1.54, 1.807) is 0 Å². The van der Waals surface area contributed by atoms with Gasteiger partial charge in [-0.3, -0.25) is 4.40 Å². The normalized spacial score (nSPS) is 11.1. The van der Waals surface area contributed by atoms with Gasteiger partial charge in [0.1, 0.15) is 17.2 Å². The summed E-state index contributed by atoms with van der Waals surface area (Å²) in [7, 11) is 0. The van der Waals surface area contributed by atoms with Gasteiger partial charge < -0.3 is 5.73 Å². The van der Waals surface area contributed by atoms with Gasteiger partial charge in [0.05, 0.1) is 0 Å². The highest BCUT2D eigenvalue weighted by Crippen LogP contribution is 2.32. The van der Waals surface area contributed by atoms with Gasteiger partial charge >= 0.3 is 0 Å². The summed E-state index contributed by atoms with van der Waals surface area (Å²) in [5.74, 6) is 0.630. The number of nitrogens with zero attached hydrogens (tertiary/aromatic N) is 2. The SMILES string of the molecule is Nc1c(-c2ccc(Br)c(Br)c2)nc2ccc(Br)cn12. The van der Waals surface area contributed by atoms with E-state index in [0.717, 1.165) is 30.3 Å². The molecule has 0 unspecified atom stereocenters. The molecule has 3 aromatic rings. The Morgan fingerprint density at radius 3 is 2.53 bits per heavy atom. The first-order valence-electron chi connectivity index (χ1n) is 5.45. The molecule has 0 aliphatic rings. The largest absolute Gasteiger partial charge is 0.383 e. The van der Waals surface area contributed by atoms with Crippen LogP contribution in [0.4, 0.5) is 5.82 Å². The molecule has 2 aromatic heterocycles. The maximum atomic E-state index is 6.18. The molecule has 0 saturated carbocycles. The van der Waals surface area contributed by atoms with E-state index >= 15 is 0 Å². The Balaban J connectivity index is 2.24. The van der Waals surface area contributed by atoms with Crippen molar-refractivity contribution in [3.63, 3.8) is 0 Å². The summed E-state index contributed by atoms with van der Waals surface area (Å²) in [5, 5.41) is 0. The number of benzene rings is 1. The summed E-state index contributed by atoms with van der Waals surface area (Å²) in [6.07, 6.45) is 1.91. The predicted molar refractivity (Wildman–Crippen MR) is 88.1 cm³/mol. The molecule has 0 bridgehead atoms. The molecule has 0 fully saturated rings. The third kappa shape index (κ3) is 2.32. The number of halogens is 3. The van der Waals surface area contributed by atoms with E-state index in [1.807, 2.05) is 40.9 Å². The molecule has 2 heterocycles. The van der Waals surface area contributed by atoms with Gasteiger partial charge in [-0.25, -0.2) is 4.98 Å².